The van der Waals surface area contributed by atoms with Crippen LogP contribution >= 0.6 is 11.6 Å². The van der Waals surface area contributed by atoms with E-state index < -0.39 is 11.7 Å². The molecule has 0 aliphatic carbocycles. The third kappa shape index (κ3) is 4.30. The summed E-state index contributed by atoms with van der Waals surface area (Å²) in [5.74, 6) is -0.491. The first-order valence-electron chi connectivity index (χ1n) is 6.44. The predicted molar refractivity (Wildman–Crippen MR) is 82.0 cm³/mol. The Morgan fingerprint density at radius 2 is 1.86 bits per heavy atom. The number of Topliss-reactive ketones (excluding diaryl/α,β-unsaturated/α-hetero) is 1. The van der Waals surface area contributed by atoms with Crippen LogP contribution in [-0.4, -0.2) is 18.3 Å². The zero-order valence-electron chi connectivity index (χ0n) is 11.7. The summed E-state index contributed by atoms with van der Waals surface area (Å²) >= 11 is 5.81. The molecule has 0 saturated carbocycles. The van der Waals surface area contributed by atoms with Crippen LogP contribution in [-0.2, 0) is 4.79 Å². The molecule has 0 aliphatic rings. The molecule has 0 bridgehead atoms. The van der Waals surface area contributed by atoms with E-state index in [4.69, 9.17) is 16.3 Å². The number of ether oxygens (including phenoxy) is 1. The van der Waals surface area contributed by atoms with E-state index in [2.05, 4.69) is 5.32 Å². The average molecular weight is 322 g/mol. The van der Waals surface area contributed by atoms with Crippen molar-refractivity contribution in [1.29, 1.82) is 0 Å². The first kappa shape index (κ1) is 16.0. The monoisotopic (exact) mass is 321 g/mol. The molecule has 0 unspecified atom stereocenters. The van der Waals surface area contributed by atoms with Crippen molar-refractivity contribution in [2.75, 3.05) is 11.9 Å². The number of rotatable bonds is 5. The van der Waals surface area contributed by atoms with E-state index in [1.54, 1.807) is 24.3 Å². The normalized spacial score (nSPS) is 10.1. The van der Waals surface area contributed by atoms with Gasteiger partial charge in [-0.15, -0.1) is 0 Å². The Labute approximate surface area is 131 Å². The minimum absolute atomic E-state index is 0.0461. The van der Waals surface area contributed by atoms with Crippen LogP contribution in [0.2, 0.25) is 5.02 Å². The molecule has 0 heterocycles. The Bertz CT molecular complexity index is 701. The molecule has 0 aromatic heterocycles. The molecule has 0 radical (unpaired) electrons. The van der Waals surface area contributed by atoms with Gasteiger partial charge in [-0.25, -0.2) is 4.39 Å². The maximum Gasteiger partial charge on any atom is 0.262 e. The minimum Gasteiger partial charge on any atom is -0.484 e. The van der Waals surface area contributed by atoms with Crippen LogP contribution in [0.1, 0.15) is 17.3 Å². The highest BCUT2D eigenvalue weighted by molar-refractivity contribution is 6.33. The first-order valence-corrected chi connectivity index (χ1v) is 6.82. The second-order valence-electron chi connectivity index (χ2n) is 4.54. The smallest absolute Gasteiger partial charge is 0.262 e. The van der Waals surface area contributed by atoms with E-state index in [9.17, 15) is 14.0 Å². The maximum absolute atomic E-state index is 12.9. The fourth-order valence-electron chi connectivity index (χ4n) is 1.71. The summed E-state index contributed by atoms with van der Waals surface area (Å²) in [6.45, 7) is 1.24. The van der Waals surface area contributed by atoms with Crippen molar-refractivity contribution in [3.63, 3.8) is 0 Å². The fraction of sp³-hybridized carbons (Fsp3) is 0.125. The minimum atomic E-state index is -0.482. The van der Waals surface area contributed by atoms with Gasteiger partial charge in [-0.2, -0.15) is 0 Å². The van der Waals surface area contributed by atoms with Gasteiger partial charge in [0.2, 0.25) is 0 Å². The number of carbonyl (C=O) groups excluding carboxylic acids is 2. The molecule has 22 heavy (non-hydrogen) atoms. The van der Waals surface area contributed by atoms with Crippen LogP contribution < -0.4 is 10.1 Å². The second kappa shape index (κ2) is 7.04. The van der Waals surface area contributed by atoms with Crippen LogP contribution in [0, 0.1) is 5.82 Å². The Balaban J connectivity index is 1.91. The number of nitrogens with one attached hydrogen (secondary N) is 1. The Morgan fingerprint density at radius 1 is 1.18 bits per heavy atom. The number of amides is 1. The van der Waals surface area contributed by atoms with Gasteiger partial charge >= 0.3 is 0 Å². The van der Waals surface area contributed by atoms with Gasteiger partial charge in [0.15, 0.2) is 12.4 Å². The Kier molecular flexibility index (Phi) is 5.12. The van der Waals surface area contributed by atoms with Crippen molar-refractivity contribution in [2.45, 2.75) is 6.92 Å². The summed E-state index contributed by atoms with van der Waals surface area (Å²) in [6, 6.07) is 10.1. The molecule has 1 amide bonds. The molecule has 6 heteroatoms. The maximum atomic E-state index is 12.9. The van der Waals surface area contributed by atoms with Gasteiger partial charge < -0.3 is 10.1 Å². The van der Waals surface area contributed by atoms with Crippen LogP contribution in [0.5, 0.6) is 5.75 Å². The number of anilines is 1. The van der Waals surface area contributed by atoms with Crippen molar-refractivity contribution in [2.24, 2.45) is 0 Å². The Hall–Kier alpha value is -2.40. The topological polar surface area (TPSA) is 55.4 Å². The number of hydrogen-bond donors (Lipinski definition) is 1. The van der Waals surface area contributed by atoms with Gasteiger partial charge in [-0.05, 0) is 49.4 Å². The third-order valence-corrected chi connectivity index (χ3v) is 3.15. The summed E-state index contributed by atoms with van der Waals surface area (Å²) in [7, 11) is 0. The number of ketones is 1. The zero-order valence-corrected chi connectivity index (χ0v) is 12.5. The Morgan fingerprint density at radius 3 is 2.45 bits per heavy atom. The summed E-state index contributed by atoms with van der Waals surface area (Å²) in [5.41, 5.74) is 0.874. The highest BCUT2D eigenvalue weighted by Gasteiger charge is 2.08. The van der Waals surface area contributed by atoms with Crippen LogP contribution in [0.4, 0.5) is 10.1 Å². The lowest BCUT2D eigenvalue weighted by molar-refractivity contribution is -0.118. The van der Waals surface area contributed by atoms with E-state index in [1.807, 2.05) is 0 Å². The standard InChI is InChI=1S/C16H13ClFNO3/c1-10(20)11-2-5-13(6-3-11)22-9-16(21)19-15-7-4-12(18)8-14(15)17/h2-8H,9H2,1H3,(H,19,21). The molecule has 0 atom stereocenters. The van der Waals surface area contributed by atoms with Gasteiger partial charge in [-0.1, -0.05) is 11.6 Å². The van der Waals surface area contributed by atoms with Crippen molar-refractivity contribution < 1.29 is 18.7 Å². The average Bonchev–Trinajstić information content (AvgIpc) is 2.48. The van der Waals surface area contributed by atoms with E-state index >= 15 is 0 Å². The van der Waals surface area contributed by atoms with Crippen LogP contribution in [0.15, 0.2) is 42.5 Å². The van der Waals surface area contributed by atoms with Crippen LogP contribution in [0.3, 0.4) is 0 Å². The third-order valence-electron chi connectivity index (χ3n) is 2.84. The molecule has 2 rings (SSSR count). The van der Waals surface area contributed by atoms with Crippen LogP contribution in [0.25, 0.3) is 0 Å². The van der Waals surface area contributed by atoms with Gasteiger partial charge in [0.1, 0.15) is 11.6 Å². The molecule has 2 aromatic rings. The SMILES string of the molecule is CC(=O)c1ccc(OCC(=O)Nc2ccc(F)cc2Cl)cc1. The van der Waals surface area contributed by atoms with Gasteiger partial charge in [0.25, 0.3) is 5.91 Å². The number of benzene rings is 2. The van der Waals surface area contributed by atoms with E-state index in [-0.39, 0.29) is 17.4 Å². The molecule has 4 nitrogen and oxygen atoms in total. The van der Waals surface area contributed by atoms with Gasteiger partial charge in [0.05, 0.1) is 10.7 Å². The molecular formula is C16H13ClFNO3. The van der Waals surface area contributed by atoms with Crippen molar-refractivity contribution in [3.8, 4) is 5.75 Å². The van der Waals surface area contributed by atoms with E-state index in [1.165, 1.54) is 19.1 Å². The van der Waals surface area contributed by atoms with Gasteiger partial charge in [-0.3, -0.25) is 9.59 Å². The largest absolute Gasteiger partial charge is 0.484 e. The summed E-state index contributed by atoms with van der Waals surface area (Å²) in [4.78, 5) is 22.9. The van der Waals surface area contributed by atoms with Gasteiger partial charge in [0, 0.05) is 5.56 Å². The predicted octanol–water partition coefficient (Wildman–Crippen LogP) is 3.70. The molecule has 0 aliphatic heterocycles. The quantitative estimate of drug-likeness (QED) is 0.854. The first-order chi connectivity index (χ1) is 10.5. The summed E-state index contributed by atoms with van der Waals surface area (Å²) < 4.78 is 18.2. The van der Waals surface area contributed by atoms with E-state index in [0.29, 0.717) is 17.0 Å². The fourth-order valence-corrected chi connectivity index (χ4v) is 1.93. The lowest BCUT2D eigenvalue weighted by Gasteiger charge is -2.09. The molecule has 2 aromatic carbocycles. The highest BCUT2D eigenvalue weighted by Crippen LogP contribution is 2.22. The molecule has 0 fully saturated rings. The highest BCUT2D eigenvalue weighted by atomic mass is 35.5. The van der Waals surface area contributed by atoms with E-state index in [0.717, 1.165) is 6.07 Å². The summed E-state index contributed by atoms with van der Waals surface area (Å²) in [6.07, 6.45) is 0. The lowest BCUT2D eigenvalue weighted by Crippen LogP contribution is -2.20. The summed E-state index contributed by atoms with van der Waals surface area (Å²) in [5, 5.41) is 2.63. The molecule has 114 valence electrons. The second-order valence-corrected chi connectivity index (χ2v) is 4.95. The number of hydrogen-bond acceptors (Lipinski definition) is 3. The lowest BCUT2D eigenvalue weighted by atomic mass is 10.1. The molecular weight excluding hydrogens is 309 g/mol. The number of carbonyl (C=O) groups is 2. The van der Waals surface area contributed by atoms with Crippen molar-refractivity contribution >= 4 is 29.0 Å². The molecule has 0 spiro atoms. The van der Waals surface area contributed by atoms with Crippen molar-refractivity contribution in [1.82, 2.24) is 0 Å². The van der Waals surface area contributed by atoms with Crippen molar-refractivity contribution in [3.05, 3.63) is 58.9 Å². The molecule has 0 saturated heterocycles. The number of halogens is 2. The zero-order chi connectivity index (χ0) is 16.1. The molecule has 1 N–H and O–H groups in total.